The zero-order valence-corrected chi connectivity index (χ0v) is 8.55. The van der Waals surface area contributed by atoms with Crippen molar-refractivity contribution in [2.75, 3.05) is 0 Å². The van der Waals surface area contributed by atoms with Gasteiger partial charge in [-0.3, -0.25) is 0 Å². The summed E-state index contributed by atoms with van der Waals surface area (Å²) in [5, 5.41) is 9.22. The summed E-state index contributed by atoms with van der Waals surface area (Å²) in [5.74, 6) is -0.130. The lowest BCUT2D eigenvalue weighted by Gasteiger charge is -2.08. The first-order chi connectivity index (χ1) is 6.00. The Morgan fingerprint density at radius 1 is 1.31 bits per heavy atom. The van der Waals surface area contributed by atoms with E-state index in [0.29, 0.717) is 0 Å². The summed E-state index contributed by atoms with van der Waals surface area (Å²) in [5.41, 5.74) is 0. The number of allylic oxidation sites excluding steroid dienone is 1. The van der Waals surface area contributed by atoms with Gasteiger partial charge in [-0.15, -0.1) is 0 Å². The van der Waals surface area contributed by atoms with Gasteiger partial charge in [0.2, 0.25) is 3.79 Å². The molecule has 3 nitrogen and oxygen atoms in total. The third-order valence-corrected chi connectivity index (χ3v) is 1.72. The summed E-state index contributed by atoms with van der Waals surface area (Å²) in [6.45, 7) is 0. The maximum atomic E-state index is 9.22. The molecule has 1 aromatic rings. The lowest BCUT2D eigenvalue weighted by Crippen LogP contribution is -2.06. The maximum Gasteiger partial charge on any atom is 0.247 e. The van der Waals surface area contributed by atoms with Gasteiger partial charge in [0, 0.05) is 18.5 Å². The molecular weight excluding hydrogens is 234 g/mol. The second-order valence-electron chi connectivity index (χ2n) is 2.13. The standard InChI is InChI=1S/C7H5Cl3N2O/c8-7(9,10)5(13)4-6-11-2-1-3-12-6/h1-4,13H. The molecule has 6 heteroatoms. The van der Waals surface area contributed by atoms with Crippen LogP contribution in [-0.2, 0) is 0 Å². The summed E-state index contributed by atoms with van der Waals surface area (Å²) in [4.78, 5) is 7.62. The van der Waals surface area contributed by atoms with E-state index in [1.54, 1.807) is 6.07 Å². The number of alkyl halides is 3. The van der Waals surface area contributed by atoms with Gasteiger partial charge in [0.05, 0.1) is 0 Å². The molecule has 1 aromatic heterocycles. The topological polar surface area (TPSA) is 46.0 Å². The summed E-state index contributed by atoms with van der Waals surface area (Å²) in [6.07, 6.45) is 4.22. The molecule has 0 unspecified atom stereocenters. The Kier molecular flexibility index (Phi) is 3.36. The van der Waals surface area contributed by atoms with Gasteiger partial charge in [0.25, 0.3) is 0 Å². The number of nitrogens with zero attached hydrogens (tertiary/aromatic N) is 2. The van der Waals surface area contributed by atoms with E-state index in [4.69, 9.17) is 34.8 Å². The molecule has 0 fully saturated rings. The molecule has 70 valence electrons. The van der Waals surface area contributed by atoms with Crippen LogP contribution in [0.3, 0.4) is 0 Å². The Hall–Kier alpha value is -0.510. The molecule has 1 rings (SSSR count). The van der Waals surface area contributed by atoms with E-state index in [1.165, 1.54) is 18.5 Å². The summed E-state index contributed by atoms with van der Waals surface area (Å²) in [7, 11) is 0. The van der Waals surface area contributed by atoms with Crippen LogP contribution in [0.2, 0.25) is 0 Å². The monoisotopic (exact) mass is 238 g/mol. The van der Waals surface area contributed by atoms with Crippen LogP contribution in [0.4, 0.5) is 0 Å². The molecule has 0 spiro atoms. The third-order valence-electron chi connectivity index (χ3n) is 1.14. The van der Waals surface area contributed by atoms with E-state index in [2.05, 4.69) is 9.97 Å². The first kappa shape index (κ1) is 10.6. The van der Waals surface area contributed by atoms with Crippen LogP contribution in [-0.4, -0.2) is 18.9 Å². The number of rotatable bonds is 1. The molecule has 1 N–H and O–H groups in total. The molecule has 0 saturated heterocycles. The van der Waals surface area contributed by atoms with E-state index in [1.807, 2.05) is 0 Å². The van der Waals surface area contributed by atoms with Crippen molar-refractivity contribution in [3.63, 3.8) is 0 Å². The molecule has 0 aromatic carbocycles. The average Bonchev–Trinajstić information content (AvgIpc) is 2.04. The molecule has 0 amide bonds. The molecular formula is C7H5Cl3N2O. The Bertz CT molecular complexity index is 307. The van der Waals surface area contributed by atoms with E-state index < -0.39 is 9.55 Å². The SMILES string of the molecule is OC(=Cc1ncccn1)C(Cl)(Cl)Cl. The van der Waals surface area contributed by atoms with E-state index in [0.717, 1.165) is 0 Å². The van der Waals surface area contributed by atoms with Crippen molar-refractivity contribution >= 4 is 40.9 Å². The van der Waals surface area contributed by atoms with Crippen LogP contribution in [0.25, 0.3) is 6.08 Å². The first-order valence-corrected chi connectivity index (χ1v) is 4.38. The number of aliphatic hydroxyl groups excluding tert-OH is 1. The smallest absolute Gasteiger partial charge is 0.247 e. The predicted octanol–water partition coefficient (Wildman–Crippen LogP) is 2.75. The van der Waals surface area contributed by atoms with Crippen molar-refractivity contribution in [3.8, 4) is 0 Å². The number of hydrogen-bond acceptors (Lipinski definition) is 3. The van der Waals surface area contributed by atoms with Crippen LogP contribution >= 0.6 is 34.8 Å². The maximum absolute atomic E-state index is 9.22. The van der Waals surface area contributed by atoms with Gasteiger partial charge in [-0.25, -0.2) is 9.97 Å². The molecule has 1 heterocycles. The van der Waals surface area contributed by atoms with Gasteiger partial charge < -0.3 is 5.11 Å². The Balaban J connectivity index is 2.90. The second kappa shape index (κ2) is 4.13. The molecule has 0 radical (unpaired) electrons. The fourth-order valence-corrected chi connectivity index (χ4v) is 0.753. The fraction of sp³-hybridized carbons (Fsp3) is 0.143. The minimum absolute atomic E-state index is 0.284. The fourth-order valence-electron chi connectivity index (χ4n) is 0.589. The van der Waals surface area contributed by atoms with Crippen LogP contribution < -0.4 is 0 Å². The second-order valence-corrected chi connectivity index (χ2v) is 4.42. The van der Waals surface area contributed by atoms with Crippen molar-refractivity contribution in [3.05, 3.63) is 30.0 Å². The molecule has 13 heavy (non-hydrogen) atoms. The quantitative estimate of drug-likeness (QED) is 0.605. The van der Waals surface area contributed by atoms with Gasteiger partial charge in [-0.05, 0) is 6.07 Å². The zero-order valence-electron chi connectivity index (χ0n) is 6.28. The summed E-state index contributed by atoms with van der Waals surface area (Å²) < 4.78 is -1.83. The van der Waals surface area contributed by atoms with Crippen molar-refractivity contribution < 1.29 is 5.11 Å². The summed E-state index contributed by atoms with van der Waals surface area (Å²) in [6, 6.07) is 1.64. The van der Waals surface area contributed by atoms with Gasteiger partial charge in [-0.2, -0.15) is 0 Å². The van der Waals surface area contributed by atoms with E-state index in [-0.39, 0.29) is 5.82 Å². The molecule has 0 saturated carbocycles. The van der Waals surface area contributed by atoms with Crippen molar-refractivity contribution in [2.24, 2.45) is 0 Å². The third kappa shape index (κ3) is 3.38. The largest absolute Gasteiger partial charge is 0.508 e. The highest BCUT2D eigenvalue weighted by atomic mass is 35.6. The highest BCUT2D eigenvalue weighted by Crippen LogP contribution is 2.33. The number of hydrogen-bond donors (Lipinski definition) is 1. The number of aliphatic hydroxyl groups is 1. The molecule has 0 aliphatic carbocycles. The van der Waals surface area contributed by atoms with Crippen LogP contribution in [0.5, 0.6) is 0 Å². The Morgan fingerprint density at radius 3 is 2.31 bits per heavy atom. The highest BCUT2D eigenvalue weighted by Gasteiger charge is 2.25. The van der Waals surface area contributed by atoms with Gasteiger partial charge in [0.15, 0.2) is 5.82 Å². The average molecular weight is 239 g/mol. The van der Waals surface area contributed by atoms with Gasteiger partial charge >= 0.3 is 0 Å². The first-order valence-electron chi connectivity index (χ1n) is 3.25. The van der Waals surface area contributed by atoms with E-state index in [9.17, 15) is 5.11 Å². The predicted molar refractivity (Wildman–Crippen MR) is 52.9 cm³/mol. The number of halogens is 3. The van der Waals surface area contributed by atoms with Crippen molar-refractivity contribution in [2.45, 2.75) is 3.79 Å². The van der Waals surface area contributed by atoms with Crippen molar-refractivity contribution in [1.29, 1.82) is 0 Å². The molecule has 0 aliphatic heterocycles. The Morgan fingerprint density at radius 2 is 1.85 bits per heavy atom. The Labute approximate surface area is 90.0 Å². The lowest BCUT2D eigenvalue weighted by molar-refractivity contribution is 0.407. The summed E-state index contributed by atoms with van der Waals surface area (Å²) >= 11 is 16.2. The van der Waals surface area contributed by atoms with E-state index >= 15 is 0 Å². The highest BCUT2D eigenvalue weighted by molar-refractivity contribution is 6.69. The van der Waals surface area contributed by atoms with Crippen LogP contribution in [0, 0.1) is 0 Å². The normalized spacial score (nSPS) is 13.0. The van der Waals surface area contributed by atoms with Gasteiger partial charge in [-0.1, -0.05) is 34.8 Å². The minimum atomic E-state index is -1.83. The van der Waals surface area contributed by atoms with Gasteiger partial charge in [0.1, 0.15) is 5.76 Å². The van der Waals surface area contributed by atoms with Crippen molar-refractivity contribution in [1.82, 2.24) is 9.97 Å². The number of aromatic nitrogens is 2. The van der Waals surface area contributed by atoms with Crippen LogP contribution in [0.15, 0.2) is 24.2 Å². The zero-order chi connectivity index (χ0) is 9.90. The molecule has 0 bridgehead atoms. The molecule has 0 atom stereocenters. The van der Waals surface area contributed by atoms with Crippen LogP contribution in [0.1, 0.15) is 5.82 Å². The molecule has 0 aliphatic rings. The minimum Gasteiger partial charge on any atom is -0.508 e. The lowest BCUT2D eigenvalue weighted by atomic mass is 10.4.